The fraction of sp³-hybridized carbons (Fsp3) is 0.348. The van der Waals surface area contributed by atoms with E-state index in [0.717, 1.165) is 15.6 Å². The summed E-state index contributed by atoms with van der Waals surface area (Å²) in [4.78, 5) is 29.5. The number of oxime groups is 1. The first-order chi connectivity index (χ1) is 14.9. The van der Waals surface area contributed by atoms with Crippen LogP contribution in [0.5, 0.6) is 0 Å². The van der Waals surface area contributed by atoms with E-state index in [-0.39, 0.29) is 25.9 Å². The molecule has 1 aliphatic heterocycles. The average molecular weight is 490 g/mol. The van der Waals surface area contributed by atoms with Gasteiger partial charge in [-0.25, -0.2) is 4.79 Å². The monoisotopic (exact) mass is 489 g/mol. The first-order valence-electron chi connectivity index (χ1n) is 9.81. The van der Waals surface area contributed by atoms with Crippen LogP contribution in [0.4, 0.5) is 0 Å². The van der Waals surface area contributed by atoms with Crippen molar-refractivity contribution in [3.63, 3.8) is 0 Å². The van der Waals surface area contributed by atoms with Crippen molar-refractivity contribution in [3.05, 3.63) is 69.7 Å². The largest absolute Gasteiger partial charge is 0.478 e. The van der Waals surface area contributed by atoms with Crippen molar-refractivity contribution in [3.8, 4) is 0 Å². The molecule has 0 saturated carbocycles. The van der Waals surface area contributed by atoms with Crippen molar-refractivity contribution in [2.24, 2.45) is 5.16 Å². The Hall–Kier alpha value is -2.71. The summed E-state index contributed by atoms with van der Waals surface area (Å²) < 4.78 is 11.7. The number of hydrogen-bond donors (Lipinski definition) is 1. The molecule has 0 aromatic heterocycles. The van der Waals surface area contributed by atoms with Gasteiger partial charge < -0.3 is 19.4 Å². The van der Waals surface area contributed by atoms with Crippen LogP contribution in [0.1, 0.15) is 42.1 Å². The molecule has 0 amide bonds. The zero-order chi connectivity index (χ0) is 22.4. The zero-order valence-electron chi connectivity index (χ0n) is 17.3. The fourth-order valence-corrected chi connectivity index (χ4v) is 3.71. The summed E-state index contributed by atoms with van der Waals surface area (Å²) in [5.74, 6) is -1.57. The van der Waals surface area contributed by atoms with Crippen molar-refractivity contribution in [1.29, 1.82) is 0 Å². The summed E-state index contributed by atoms with van der Waals surface area (Å²) in [6.07, 6.45) is -0.556. The number of carbonyl (C=O) groups excluding carboxylic acids is 1. The minimum atomic E-state index is -1.73. The van der Waals surface area contributed by atoms with E-state index in [9.17, 15) is 14.7 Å². The van der Waals surface area contributed by atoms with Crippen LogP contribution in [0, 0.1) is 6.92 Å². The molecule has 2 unspecified atom stereocenters. The maximum absolute atomic E-state index is 12.4. The second-order valence-corrected chi connectivity index (χ2v) is 8.28. The standard InChI is InChI=1S/C23H24BrNO6/c1-15-5-3-4-6-17(15)14-30-21(16-7-9-18(24)10-8-16)23(22(27)28)13-19(25-31-23)11-12-20(26)29-2/h3-10,21H,11-14H2,1-2H3,(H,27,28). The minimum Gasteiger partial charge on any atom is -0.478 e. The van der Waals surface area contributed by atoms with Gasteiger partial charge in [-0.1, -0.05) is 57.5 Å². The van der Waals surface area contributed by atoms with Crippen molar-refractivity contribution in [2.45, 2.75) is 44.5 Å². The van der Waals surface area contributed by atoms with Gasteiger partial charge in [-0.3, -0.25) is 4.79 Å². The average Bonchev–Trinajstić information content (AvgIpc) is 3.20. The first kappa shape index (κ1) is 23.0. The molecule has 2 atom stereocenters. The van der Waals surface area contributed by atoms with Crippen LogP contribution in [0.3, 0.4) is 0 Å². The van der Waals surface area contributed by atoms with E-state index < -0.39 is 23.6 Å². The molecule has 8 heteroatoms. The van der Waals surface area contributed by atoms with Crippen molar-refractivity contribution >= 4 is 33.6 Å². The maximum atomic E-state index is 12.4. The molecule has 1 N–H and O–H groups in total. The number of halogens is 1. The predicted molar refractivity (Wildman–Crippen MR) is 118 cm³/mol. The summed E-state index contributed by atoms with van der Waals surface area (Å²) in [5, 5.41) is 14.2. The van der Waals surface area contributed by atoms with Gasteiger partial charge in [-0.05, 0) is 42.2 Å². The van der Waals surface area contributed by atoms with Crippen LogP contribution < -0.4 is 0 Å². The van der Waals surface area contributed by atoms with E-state index in [4.69, 9.17) is 9.57 Å². The van der Waals surface area contributed by atoms with Gasteiger partial charge in [0.15, 0.2) is 0 Å². The van der Waals surface area contributed by atoms with Crippen LogP contribution in [-0.2, 0) is 30.5 Å². The Morgan fingerprint density at radius 2 is 1.94 bits per heavy atom. The smallest absolute Gasteiger partial charge is 0.354 e. The number of ether oxygens (including phenoxy) is 2. The van der Waals surface area contributed by atoms with E-state index in [1.807, 2.05) is 43.3 Å². The summed E-state index contributed by atoms with van der Waals surface area (Å²) in [7, 11) is 1.31. The van der Waals surface area contributed by atoms with Gasteiger partial charge in [0.25, 0.3) is 5.60 Å². The Morgan fingerprint density at radius 1 is 1.23 bits per heavy atom. The summed E-state index contributed by atoms with van der Waals surface area (Å²) in [6.45, 7) is 2.18. The number of benzene rings is 2. The summed E-state index contributed by atoms with van der Waals surface area (Å²) in [5.41, 5.74) is 1.40. The third kappa shape index (κ3) is 5.32. The molecule has 2 aromatic rings. The zero-order valence-corrected chi connectivity index (χ0v) is 18.9. The molecule has 0 radical (unpaired) electrons. The Bertz CT molecular complexity index is 974. The van der Waals surface area contributed by atoms with Gasteiger partial charge in [-0.15, -0.1) is 0 Å². The SMILES string of the molecule is COC(=O)CCC1=NOC(C(=O)O)(C(OCc2ccccc2C)c2ccc(Br)cc2)C1. The second kappa shape index (κ2) is 10.1. The summed E-state index contributed by atoms with van der Waals surface area (Å²) >= 11 is 3.40. The molecule has 0 bridgehead atoms. The van der Waals surface area contributed by atoms with Gasteiger partial charge in [0.2, 0.25) is 0 Å². The van der Waals surface area contributed by atoms with Gasteiger partial charge in [0, 0.05) is 10.9 Å². The molecule has 2 aromatic carbocycles. The molecular weight excluding hydrogens is 466 g/mol. The van der Waals surface area contributed by atoms with Gasteiger partial charge in [0.1, 0.15) is 6.10 Å². The summed E-state index contributed by atoms with van der Waals surface area (Å²) in [6, 6.07) is 15.0. The lowest BCUT2D eigenvalue weighted by Crippen LogP contribution is -2.46. The molecule has 0 spiro atoms. The molecule has 164 valence electrons. The molecule has 3 rings (SSSR count). The quantitative estimate of drug-likeness (QED) is 0.518. The van der Waals surface area contributed by atoms with Crippen LogP contribution in [0.15, 0.2) is 58.2 Å². The second-order valence-electron chi connectivity index (χ2n) is 7.37. The Kier molecular flexibility index (Phi) is 7.46. The highest BCUT2D eigenvalue weighted by Crippen LogP contribution is 2.41. The number of esters is 1. The highest BCUT2D eigenvalue weighted by atomic mass is 79.9. The lowest BCUT2D eigenvalue weighted by Gasteiger charge is -2.31. The molecular formula is C23H24BrNO6. The minimum absolute atomic E-state index is 0.00777. The number of hydrogen-bond acceptors (Lipinski definition) is 6. The van der Waals surface area contributed by atoms with Crippen molar-refractivity contribution in [2.75, 3.05) is 7.11 Å². The number of rotatable bonds is 9. The highest BCUT2D eigenvalue weighted by Gasteiger charge is 2.54. The maximum Gasteiger partial charge on any atom is 0.354 e. The van der Waals surface area contributed by atoms with E-state index in [2.05, 4.69) is 25.8 Å². The fourth-order valence-electron chi connectivity index (χ4n) is 3.45. The van der Waals surface area contributed by atoms with Gasteiger partial charge in [0.05, 0.1) is 25.8 Å². The number of nitrogens with zero attached hydrogens (tertiary/aromatic N) is 1. The van der Waals surface area contributed by atoms with Crippen LogP contribution >= 0.6 is 15.9 Å². The van der Waals surface area contributed by atoms with Crippen molar-refractivity contribution in [1.82, 2.24) is 0 Å². The number of aliphatic carboxylic acids is 1. The third-order valence-corrected chi connectivity index (χ3v) is 5.80. The van der Waals surface area contributed by atoms with Crippen LogP contribution in [0.25, 0.3) is 0 Å². The molecule has 7 nitrogen and oxygen atoms in total. The van der Waals surface area contributed by atoms with E-state index >= 15 is 0 Å². The molecule has 0 aliphatic carbocycles. The van der Waals surface area contributed by atoms with Crippen LogP contribution in [-0.4, -0.2) is 35.5 Å². The van der Waals surface area contributed by atoms with Gasteiger partial charge in [-0.2, -0.15) is 0 Å². The van der Waals surface area contributed by atoms with Crippen molar-refractivity contribution < 1.29 is 29.0 Å². The van der Waals surface area contributed by atoms with E-state index in [0.29, 0.717) is 11.3 Å². The highest BCUT2D eigenvalue weighted by molar-refractivity contribution is 9.10. The third-order valence-electron chi connectivity index (χ3n) is 5.27. The molecule has 0 fully saturated rings. The normalized spacial score (nSPS) is 18.7. The Labute approximate surface area is 189 Å². The lowest BCUT2D eigenvalue weighted by atomic mass is 9.85. The molecule has 1 heterocycles. The number of carboxylic acid groups (broad SMARTS) is 1. The number of methoxy groups -OCH3 is 1. The molecule has 0 saturated heterocycles. The Balaban J connectivity index is 1.88. The number of carbonyl (C=O) groups is 2. The molecule has 1 aliphatic rings. The predicted octanol–water partition coefficient (Wildman–Crippen LogP) is 4.57. The number of carboxylic acids is 1. The number of aryl methyl sites for hydroxylation is 1. The van der Waals surface area contributed by atoms with E-state index in [1.54, 1.807) is 12.1 Å². The van der Waals surface area contributed by atoms with Crippen LogP contribution in [0.2, 0.25) is 0 Å². The van der Waals surface area contributed by atoms with Gasteiger partial charge >= 0.3 is 11.9 Å². The Morgan fingerprint density at radius 3 is 2.58 bits per heavy atom. The molecule has 31 heavy (non-hydrogen) atoms. The topological polar surface area (TPSA) is 94.4 Å². The first-order valence-corrected chi connectivity index (χ1v) is 10.6. The lowest BCUT2D eigenvalue weighted by molar-refractivity contribution is -0.187. The van der Waals surface area contributed by atoms with E-state index in [1.165, 1.54) is 7.11 Å².